The third-order valence-electron chi connectivity index (χ3n) is 4.37. The molecule has 0 radical (unpaired) electrons. The van der Waals surface area contributed by atoms with Gasteiger partial charge in [0, 0.05) is 34.2 Å². The Kier molecular flexibility index (Phi) is 5.74. The zero-order valence-electron chi connectivity index (χ0n) is 15.6. The Morgan fingerprint density at radius 3 is 2.34 bits per heavy atom. The maximum Gasteiger partial charge on any atom is 0.196 e. The number of aromatic nitrogens is 4. The minimum Gasteiger partial charge on any atom is -0.293 e. The van der Waals surface area contributed by atoms with E-state index < -0.39 is 0 Å². The highest BCUT2D eigenvalue weighted by Crippen LogP contribution is 2.31. The number of carbonyl (C=O) groups excluding carboxylic acids is 1. The molecule has 7 heteroatoms. The first-order chi connectivity index (χ1) is 14.1. The normalized spacial score (nSPS) is 11.9. The summed E-state index contributed by atoms with van der Waals surface area (Å²) in [4.78, 5) is 16.9. The zero-order chi connectivity index (χ0) is 20.2. The van der Waals surface area contributed by atoms with Crippen LogP contribution in [0.25, 0.3) is 17.1 Å². The number of pyridine rings is 1. The maximum absolute atomic E-state index is 12.9. The largest absolute Gasteiger partial charge is 0.293 e. The molecule has 4 rings (SSSR count). The second kappa shape index (κ2) is 8.59. The van der Waals surface area contributed by atoms with Gasteiger partial charge in [-0.05, 0) is 55.5 Å². The molecule has 1 atom stereocenters. The highest BCUT2D eigenvalue weighted by atomic mass is 35.5. The van der Waals surface area contributed by atoms with E-state index in [0.29, 0.717) is 21.6 Å². The maximum atomic E-state index is 12.9. The van der Waals surface area contributed by atoms with Gasteiger partial charge in [-0.25, -0.2) is 0 Å². The van der Waals surface area contributed by atoms with Crippen molar-refractivity contribution >= 4 is 29.1 Å². The number of benzene rings is 2. The molecule has 2 aromatic heterocycles. The number of halogens is 1. The van der Waals surface area contributed by atoms with Gasteiger partial charge in [-0.15, -0.1) is 10.2 Å². The van der Waals surface area contributed by atoms with Crippen LogP contribution in [-0.4, -0.2) is 30.8 Å². The Hall–Kier alpha value is -2.96. The van der Waals surface area contributed by atoms with Crippen molar-refractivity contribution in [2.45, 2.75) is 17.3 Å². The summed E-state index contributed by atoms with van der Waals surface area (Å²) in [5.41, 5.74) is 2.45. The molecule has 1 unspecified atom stereocenters. The molecule has 0 fully saturated rings. The number of Topliss-reactive ketones (excluding diaryl/α,β-unsaturated/α-hetero) is 1. The highest BCUT2D eigenvalue weighted by Gasteiger charge is 2.22. The molecule has 0 aliphatic carbocycles. The lowest BCUT2D eigenvalue weighted by Crippen LogP contribution is -2.14. The first kappa shape index (κ1) is 19.4. The zero-order valence-corrected chi connectivity index (χ0v) is 17.1. The van der Waals surface area contributed by atoms with Crippen LogP contribution in [0.15, 0.2) is 84.3 Å². The Labute approximate surface area is 177 Å². The third kappa shape index (κ3) is 4.23. The van der Waals surface area contributed by atoms with Crippen molar-refractivity contribution in [2.75, 3.05) is 0 Å². The number of thioether (sulfide) groups is 1. The predicted molar refractivity (Wildman–Crippen MR) is 116 cm³/mol. The van der Waals surface area contributed by atoms with Crippen molar-refractivity contribution in [1.29, 1.82) is 0 Å². The third-order valence-corrected chi connectivity index (χ3v) is 5.66. The monoisotopic (exact) mass is 420 g/mol. The summed E-state index contributed by atoms with van der Waals surface area (Å²) in [6.45, 7) is 1.87. The molecule has 144 valence electrons. The number of nitrogens with zero attached hydrogens (tertiary/aromatic N) is 4. The van der Waals surface area contributed by atoms with Gasteiger partial charge in [0.1, 0.15) is 0 Å². The van der Waals surface area contributed by atoms with Crippen LogP contribution in [0.5, 0.6) is 0 Å². The number of hydrogen-bond acceptors (Lipinski definition) is 5. The molecule has 4 aromatic rings. The summed E-state index contributed by atoms with van der Waals surface area (Å²) in [7, 11) is 0. The average Bonchev–Trinajstić information content (AvgIpc) is 3.18. The van der Waals surface area contributed by atoms with Crippen LogP contribution in [0, 0.1) is 0 Å². The van der Waals surface area contributed by atoms with Crippen LogP contribution in [0.2, 0.25) is 5.02 Å². The Morgan fingerprint density at radius 1 is 0.966 bits per heavy atom. The second-order valence-corrected chi connectivity index (χ2v) is 8.09. The van der Waals surface area contributed by atoms with Gasteiger partial charge >= 0.3 is 0 Å². The molecule has 2 aromatic carbocycles. The molecule has 0 spiro atoms. The molecule has 29 heavy (non-hydrogen) atoms. The number of carbonyl (C=O) groups is 1. The molecule has 0 N–H and O–H groups in total. The van der Waals surface area contributed by atoms with E-state index >= 15 is 0 Å². The van der Waals surface area contributed by atoms with Crippen LogP contribution >= 0.6 is 23.4 Å². The molecule has 5 nitrogen and oxygen atoms in total. The molecule has 0 saturated heterocycles. The quantitative estimate of drug-likeness (QED) is 0.311. The minimum absolute atomic E-state index is 0.0136. The predicted octanol–water partition coefficient (Wildman–Crippen LogP) is 5.35. The van der Waals surface area contributed by atoms with Crippen molar-refractivity contribution in [1.82, 2.24) is 19.7 Å². The summed E-state index contributed by atoms with van der Waals surface area (Å²) < 4.78 is 1.96. The van der Waals surface area contributed by atoms with Crippen molar-refractivity contribution in [3.8, 4) is 17.1 Å². The topological polar surface area (TPSA) is 60.7 Å². The molecule has 0 aliphatic rings. The van der Waals surface area contributed by atoms with Crippen LogP contribution in [-0.2, 0) is 0 Å². The number of hydrogen-bond donors (Lipinski definition) is 0. The molecule has 2 heterocycles. The SMILES string of the molecule is CC(Sc1nnc(-c2ccncc2)n1-c1ccccc1)C(=O)c1ccc(Cl)cc1. The lowest BCUT2D eigenvalue weighted by molar-refractivity contribution is 0.0994. The summed E-state index contributed by atoms with van der Waals surface area (Å²) in [5.74, 6) is 0.715. The average molecular weight is 421 g/mol. The second-order valence-electron chi connectivity index (χ2n) is 6.34. The van der Waals surface area contributed by atoms with Gasteiger partial charge in [0.05, 0.1) is 5.25 Å². The highest BCUT2D eigenvalue weighted by molar-refractivity contribution is 8.00. The fourth-order valence-corrected chi connectivity index (χ4v) is 3.98. The minimum atomic E-state index is -0.340. The number of rotatable bonds is 6. The summed E-state index contributed by atoms with van der Waals surface area (Å²) in [6.07, 6.45) is 3.44. The van der Waals surface area contributed by atoms with Crippen LogP contribution in [0.1, 0.15) is 17.3 Å². The molecule has 0 bridgehead atoms. The lowest BCUT2D eigenvalue weighted by Gasteiger charge is -2.13. The van der Waals surface area contributed by atoms with Gasteiger partial charge in [-0.2, -0.15) is 0 Å². The van der Waals surface area contributed by atoms with Crippen molar-refractivity contribution in [3.05, 3.63) is 89.7 Å². The molecule has 0 saturated carbocycles. The van der Waals surface area contributed by atoms with E-state index in [-0.39, 0.29) is 11.0 Å². The first-order valence-electron chi connectivity index (χ1n) is 9.01. The van der Waals surface area contributed by atoms with Gasteiger partial charge in [0.25, 0.3) is 0 Å². The van der Waals surface area contributed by atoms with E-state index in [2.05, 4.69) is 15.2 Å². The number of ketones is 1. The smallest absolute Gasteiger partial charge is 0.196 e. The Bertz CT molecular complexity index is 1110. The standard InChI is InChI=1S/C22H17ClN4OS/c1-15(20(28)16-7-9-18(23)10-8-16)29-22-26-25-21(17-11-13-24-14-12-17)27(22)19-5-3-2-4-6-19/h2-15H,1H3. The fourth-order valence-electron chi connectivity index (χ4n) is 2.90. The summed E-state index contributed by atoms with van der Waals surface area (Å²) >= 11 is 7.31. The first-order valence-corrected chi connectivity index (χ1v) is 10.3. The van der Waals surface area contributed by atoms with E-state index in [9.17, 15) is 4.79 Å². The van der Waals surface area contributed by atoms with E-state index in [1.807, 2.05) is 54.0 Å². The van der Waals surface area contributed by atoms with Gasteiger partial charge in [0.15, 0.2) is 16.8 Å². The summed E-state index contributed by atoms with van der Waals surface area (Å²) in [5, 5.41) is 9.69. The number of para-hydroxylation sites is 1. The van der Waals surface area contributed by atoms with Crippen LogP contribution < -0.4 is 0 Å². The molecule has 0 amide bonds. The van der Waals surface area contributed by atoms with Crippen molar-refractivity contribution in [3.63, 3.8) is 0 Å². The molecule has 0 aliphatic heterocycles. The van der Waals surface area contributed by atoms with E-state index in [1.165, 1.54) is 11.8 Å². The Morgan fingerprint density at radius 2 is 1.66 bits per heavy atom. The van der Waals surface area contributed by atoms with Gasteiger partial charge < -0.3 is 0 Å². The molecular formula is C22H17ClN4OS. The van der Waals surface area contributed by atoms with Crippen molar-refractivity contribution in [2.24, 2.45) is 0 Å². The van der Waals surface area contributed by atoms with Gasteiger partial charge in [-0.3, -0.25) is 14.3 Å². The lowest BCUT2D eigenvalue weighted by atomic mass is 10.1. The van der Waals surface area contributed by atoms with Crippen LogP contribution in [0.3, 0.4) is 0 Å². The van der Waals surface area contributed by atoms with Crippen molar-refractivity contribution < 1.29 is 4.79 Å². The summed E-state index contributed by atoms with van der Waals surface area (Å²) in [6, 6.07) is 20.6. The van der Waals surface area contributed by atoms with E-state index in [4.69, 9.17) is 11.6 Å². The fraction of sp³-hybridized carbons (Fsp3) is 0.0909. The van der Waals surface area contributed by atoms with Gasteiger partial charge in [-0.1, -0.05) is 41.6 Å². The Balaban J connectivity index is 1.69. The molecular weight excluding hydrogens is 404 g/mol. The van der Waals surface area contributed by atoms with Crippen LogP contribution in [0.4, 0.5) is 0 Å². The van der Waals surface area contributed by atoms with Gasteiger partial charge in [0.2, 0.25) is 0 Å². The van der Waals surface area contributed by atoms with E-state index in [0.717, 1.165) is 11.3 Å². The van der Waals surface area contributed by atoms with E-state index in [1.54, 1.807) is 36.7 Å².